The summed E-state index contributed by atoms with van der Waals surface area (Å²) in [6.45, 7) is 8.91. The molecule has 1 atom stereocenters. The topological polar surface area (TPSA) is 89.4 Å². The zero-order chi connectivity index (χ0) is 27.9. The van der Waals surface area contributed by atoms with Crippen LogP contribution in [0.25, 0.3) is 5.57 Å². The zero-order valence-electron chi connectivity index (χ0n) is 23.0. The summed E-state index contributed by atoms with van der Waals surface area (Å²) < 4.78 is 19.2. The molecule has 2 heterocycles. The van der Waals surface area contributed by atoms with Crippen LogP contribution in [-0.4, -0.2) is 50.6 Å². The molecule has 2 fully saturated rings. The Bertz CT molecular complexity index is 1400. The number of allylic oxidation sites excluding steroid dienone is 1. The highest BCUT2D eigenvalue weighted by Crippen LogP contribution is 2.54. The van der Waals surface area contributed by atoms with Crippen LogP contribution in [0.2, 0.25) is 0 Å². The summed E-state index contributed by atoms with van der Waals surface area (Å²) in [5.41, 5.74) is 5.17. The minimum absolute atomic E-state index is 0.0799. The molecule has 1 spiro atoms. The van der Waals surface area contributed by atoms with Crippen LogP contribution >= 0.6 is 0 Å². The maximum atomic E-state index is 13.7. The fraction of sp³-hybridized carbons (Fsp3) is 0.400. The minimum Gasteiger partial charge on any atom is -0.444 e. The average molecular weight is 532 g/mol. The summed E-state index contributed by atoms with van der Waals surface area (Å²) in [6, 6.07) is 14.5. The maximum Gasteiger partial charge on any atom is 0.410 e. The van der Waals surface area contributed by atoms with E-state index in [2.05, 4.69) is 15.5 Å². The second kappa shape index (κ2) is 9.94. The molecular formula is C30H34FN5O3. The summed E-state index contributed by atoms with van der Waals surface area (Å²) in [5.74, 6) is -0.558. The van der Waals surface area contributed by atoms with Gasteiger partial charge in [0, 0.05) is 25.6 Å². The molecule has 2 aliphatic rings. The predicted octanol–water partition coefficient (Wildman–Crippen LogP) is 5.28. The van der Waals surface area contributed by atoms with Crippen molar-refractivity contribution in [2.45, 2.75) is 52.2 Å². The summed E-state index contributed by atoms with van der Waals surface area (Å²) in [6.07, 6.45) is 2.93. The maximum absolute atomic E-state index is 13.7. The largest absolute Gasteiger partial charge is 0.444 e. The number of nitrogens with one attached hydrogen (secondary N) is 1. The summed E-state index contributed by atoms with van der Waals surface area (Å²) >= 11 is 0. The van der Waals surface area contributed by atoms with Gasteiger partial charge in [-0.05, 0) is 74.9 Å². The standard InChI is InChI=1S/C30H34FN5O3/c1-19(33-27(37)25-16-32-35(5)34-25)20-6-8-21(9-7-20)26(22-10-12-24(31)13-11-22)23-14-30(15-23)17-36(18-30)28(38)39-29(2,3)4/h6-13,16,19H,14-15,17-18H2,1-5H3,(H,33,37)/t19-/m1/s1. The zero-order valence-corrected chi connectivity index (χ0v) is 23.0. The molecule has 0 radical (unpaired) electrons. The number of aryl methyl sites for hydroxylation is 1. The van der Waals surface area contributed by atoms with E-state index in [0.717, 1.165) is 35.1 Å². The van der Waals surface area contributed by atoms with E-state index in [1.165, 1.54) is 28.7 Å². The second-order valence-corrected chi connectivity index (χ2v) is 11.7. The van der Waals surface area contributed by atoms with E-state index in [1.54, 1.807) is 11.9 Å². The third-order valence-corrected chi connectivity index (χ3v) is 7.25. The second-order valence-electron chi connectivity index (χ2n) is 11.7. The molecule has 1 N–H and O–H groups in total. The molecule has 9 heteroatoms. The lowest BCUT2D eigenvalue weighted by atomic mass is 9.59. The van der Waals surface area contributed by atoms with E-state index in [4.69, 9.17) is 4.74 Å². The lowest BCUT2D eigenvalue weighted by molar-refractivity contribution is -0.0500. The Balaban J connectivity index is 1.32. The molecule has 1 saturated heterocycles. The molecule has 1 saturated carbocycles. The summed E-state index contributed by atoms with van der Waals surface area (Å²) in [5, 5.41) is 11.0. The molecular weight excluding hydrogens is 497 g/mol. The van der Waals surface area contributed by atoms with Crippen molar-refractivity contribution >= 4 is 17.6 Å². The SMILES string of the molecule is C[C@@H](NC(=O)c1cnn(C)n1)c1ccc(C(=C2CC3(C2)CN(C(=O)OC(C)(C)C)C3)c2ccc(F)cc2)cc1. The highest BCUT2D eigenvalue weighted by atomic mass is 19.1. The van der Waals surface area contributed by atoms with Crippen LogP contribution in [0.5, 0.6) is 0 Å². The fourth-order valence-corrected chi connectivity index (χ4v) is 5.41. The molecule has 0 bridgehead atoms. The average Bonchev–Trinajstić information content (AvgIpc) is 3.26. The molecule has 2 amide bonds. The van der Waals surface area contributed by atoms with Crippen LogP contribution in [0, 0.1) is 11.2 Å². The number of hydrogen-bond acceptors (Lipinski definition) is 5. The lowest BCUT2D eigenvalue weighted by Gasteiger charge is -2.57. The highest BCUT2D eigenvalue weighted by molar-refractivity contribution is 5.92. The van der Waals surface area contributed by atoms with Crippen LogP contribution in [-0.2, 0) is 11.8 Å². The van der Waals surface area contributed by atoms with Gasteiger partial charge in [0.25, 0.3) is 5.91 Å². The number of ether oxygens (including phenoxy) is 1. The third kappa shape index (κ3) is 5.72. The number of nitrogens with zero attached hydrogens (tertiary/aromatic N) is 4. The van der Waals surface area contributed by atoms with Gasteiger partial charge in [0.05, 0.1) is 12.2 Å². The first kappa shape index (κ1) is 26.6. The van der Waals surface area contributed by atoms with E-state index >= 15 is 0 Å². The van der Waals surface area contributed by atoms with Gasteiger partial charge in [0.1, 0.15) is 11.4 Å². The fourth-order valence-electron chi connectivity index (χ4n) is 5.41. The molecule has 0 unspecified atom stereocenters. The number of carbonyl (C=O) groups excluding carboxylic acids is 2. The molecule has 2 aromatic carbocycles. The minimum atomic E-state index is -0.512. The first-order valence-corrected chi connectivity index (χ1v) is 13.1. The van der Waals surface area contributed by atoms with Crippen LogP contribution < -0.4 is 5.32 Å². The van der Waals surface area contributed by atoms with Crippen molar-refractivity contribution in [3.63, 3.8) is 0 Å². The molecule has 5 rings (SSSR count). The van der Waals surface area contributed by atoms with Crippen molar-refractivity contribution in [2.75, 3.05) is 13.1 Å². The van der Waals surface area contributed by atoms with Crippen LogP contribution in [0.15, 0.2) is 60.3 Å². The molecule has 1 aliphatic heterocycles. The Kier molecular flexibility index (Phi) is 6.78. The monoisotopic (exact) mass is 531 g/mol. The number of hydrogen-bond donors (Lipinski definition) is 1. The van der Waals surface area contributed by atoms with Gasteiger partial charge in [0.2, 0.25) is 0 Å². The Labute approximate surface area is 227 Å². The van der Waals surface area contributed by atoms with Gasteiger partial charge in [-0.2, -0.15) is 9.90 Å². The van der Waals surface area contributed by atoms with Crippen molar-refractivity contribution in [1.29, 1.82) is 0 Å². The number of likely N-dealkylation sites (tertiary alicyclic amines) is 1. The van der Waals surface area contributed by atoms with Crippen molar-refractivity contribution in [1.82, 2.24) is 25.2 Å². The molecule has 204 valence electrons. The van der Waals surface area contributed by atoms with E-state index < -0.39 is 5.60 Å². The molecule has 39 heavy (non-hydrogen) atoms. The summed E-state index contributed by atoms with van der Waals surface area (Å²) in [4.78, 5) is 28.0. The molecule has 1 aliphatic carbocycles. The Hall–Kier alpha value is -4.01. The van der Waals surface area contributed by atoms with Crippen molar-refractivity contribution in [3.05, 3.63) is 88.5 Å². The smallest absolute Gasteiger partial charge is 0.410 e. The van der Waals surface area contributed by atoms with Gasteiger partial charge in [-0.25, -0.2) is 9.18 Å². The van der Waals surface area contributed by atoms with E-state index in [-0.39, 0.29) is 35.0 Å². The number of rotatable bonds is 5. The molecule has 3 aromatic rings. The van der Waals surface area contributed by atoms with Crippen LogP contribution in [0.1, 0.15) is 73.8 Å². The van der Waals surface area contributed by atoms with E-state index in [9.17, 15) is 14.0 Å². The van der Waals surface area contributed by atoms with Crippen molar-refractivity contribution in [2.24, 2.45) is 12.5 Å². The highest BCUT2D eigenvalue weighted by Gasteiger charge is 2.53. The third-order valence-electron chi connectivity index (χ3n) is 7.25. The first-order chi connectivity index (χ1) is 18.4. The molecule has 1 aromatic heterocycles. The number of amides is 2. The number of benzene rings is 2. The van der Waals surface area contributed by atoms with Crippen molar-refractivity contribution < 1.29 is 18.7 Å². The van der Waals surface area contributed by atoms with E-state index in [1.807, 2.05) is 64.1 Å². The van der Waals surface area contributed by atoms with Gasteiger partial charge in [-0.1, -0.05) is 42.0 Å². The van der Waals surface area contributed by atoms with Crippen molar-refractivity contribution in [3.8, 4) is 0 Å². The Morgan fingerprint density at radius 3 is 2.15 bits per heavy atom. The number of halogens is 1. The van der Waals surface area contributed by atoms with Gasteiger partial charge in [-0.3, -0.25) is 4.79 Å². The molecule has 8 nitrogen and oxygen atoms in total. The summed E-state index contributed by atoms with van der Waals surface area (Å²) in [7, 11) is 1.66. The van der Waals surface area contributed by atoms with Crippen LogP contribution in [0.3, 0.4) is 0 Å². The Morgan fingerprint density at radius 2 is 1.62 bits per heavy atom. The quantitative estimate of drug-likeness (QED) is 0.484. The van der Waals surface area contributed by atoms with Gasteiger partial charge < -0.3 is 15.0 Å². The first-order valence-electron chi connectivity index (χ1n) is 13.1. The number of carbonyl (C=O) groups is 2. The normalized spacial score (nSPS) is 16.8. The van der Waals surface area contributed by atoms with Crippen LogP contribution in [0.4, 0.5) is 9.18 Å². The van der Waals surface area contributed by atoms with Gasteiger partial charge >= 0.3 is 6.09 Å². The Morgan fingerprint density at radius 1 is 1.03 bits per heavy atom. The number of aromatic nitrogens is 3. The lowest BCUT2D eigenvalue weighted by Crippen LogP contribution is -2.62. The van der Waals surface area contributed by atoms with E-state index in [0.29, 0.717) is 13.1 Å². The van der Waals surface area contributed by atoms with Gasteiger partial charge in [-0.15, -0.1) is 5.10 Å². The van der Waals surface area contributed by atoms with Gasteiger partial charge in [0.15, 0.2) is 5.69 Å². The predicted molar refractivity (Wildman–Crippen MR) is 145 cm³/mol.